The second kappa shape index (κ2) is 8.47. The van der Waals surface area contributed by atoms with Crippen molar-refractivity contribution in [1.82, 2.24) is 34.9 Å². The number of carbonyl (C=O) groups excluding carboxylic acids is 1. The first-order chi connectivity index (χ1) is 13.0. The molecule has 0 radical (unpaired) electrons. The Morgan fingerprint density at radius 1 is 1.15 bits per heavy atom. The lowest BCUT2D eigenvalue weighted by molar-refractivity contribution is 0.184. The van der Waals surface area contributed by atoms with Crippen LogP contribution in [0.15, 0.2) is 40.5 Å². The zero-order valence-electron chi connectivity index (χ0n) is 15.6. The van der Waals surface area contributed by atoms with Gasteiger partial charge in [-0.05, 0) is 12.3 Å². The van der Waals surface area contributed by atoms with Crippen LogP contribution in [0.25, 0.3) is 0 Å². The van der Waals surface area contributed by atoms with Gasteiger partial charge in [-0.25, -0.2) is 19.7 Å². The average molecular weight is 373 g/mol. The Morgan fingerprint density at radius 3 is 2.22 bits per heavy atom. The Labute approximate surface area is 156 Å². The van der Waals surface area contributed by atoms with Crippen LogP contribution in [-0.4, -0.2) is 35.7 Å². The molecule has 1 atom stereocenters. The van der Waals surface area contributed by atoms with Gasteiger partial charge in [-0.15, -0.1) is 0 Å². The van der Waals surface area contributed by atoms with Crippen LogP contribution in [-0.2, 0) is 20.1 Å². The molecule has 2 amide bonds. The van der Waals surface area contributed by atoms with E-state index in [2.05, 4.69) is 39.2 Å². The number of aryl methyl sites for hydroxylation is 1. The zero-order chi connectivity index (χ0) is 19.2. The van der Waals surface area contributed by atoms with E-state index in [4.69, 9.17) is 8.83 Å². The highest BCUT2D eigenvalue weighted by Crippen LogP contribution is 2.20. The number of hydrogen-bond donors (Lipinski definition) is 1. The molecule has 0 bridgehead atoms. The molecular weight excluding hydrogens is 350 g/mol. The summed E-state index contributed by atoms with van der Waals surface area (Å²) in [5, 5.41) is 7.18. The first-order valence-electron chi connectivity index (χ1n) is 8.66. The number of urea groups is 1. The van der Waals surface area contributed by atoms with Crippen LogP contribution in [0.1, 0.15) is 43.5 Å². The minimum absolute atomic E-state index is 0.255. The van der Waals surface area contributed by atoms with Gasteiger partial charge in [0.15, 0.2) is 12.8 Å². The van der Waals surface area contributed by atoms with Crippen LogP contribution in [0.5, 0.6) is 0 Å². The number of rotatable bonds is 8. The lowest BCUT2D eigenvalue weighted by atomic mass is 10.0. The van der Waals surface area contributed by atoms with E-state index in [1.165, 1.54) is 31.6 Å². The molecular formula is C17H23N7O3. The minimum atomic E-state index is -0.262. The van der Waals surface area contributed by atoms with Crippen molar-refractivity contribution in [2.24, 2.45) is 13.0 Å². The molecule has 144 valence electrons. The fourth-order valence-corrected chi connectivity index (χ4v) is 2.78. The second-order valence-corrected chi connectivity index (χ2v) is 6.69. The number of nitrogens with zero attached hydrogens (tertiary/aromatic N) is 6. The minimum Gasteiger partial charge on any atom is -0.451 e. The van der Waals surface area contributed by atoms with Gasteiger partial charge in [0.05, 0.1) is 30.5 Å². The lowest BCUT2D eigenvalue weighted by Gasteiger charge is -2.26. The number of nitrogens with one attached hydrogen (secondary N) is 1. The summed E-state index contributed by atoms with van der Waals surface area (Å²) in [4.78, 5) is 27.1. The van der Waals surface area contributed by atoms with Crippen molar-refractivity contribution >= 4 is 6.03 Å². The molecule has 0 aliphatic rings. The van der Waals surface area contributed by atoms with Gasteiger partial charge in [-0.2, -0.15) is 5.10 Å². The highest BCUT2D eigenvalue weighted by Gasteiger charge is 2.24. The van der Waals surface area contributed by atoms with Crippen molar-refractivity contribution in [3.8, 4) is 0 Å². The maximum absolute atomic E-state index is 13.0. The largest absolute Gasteiger partial charge is 0.451 e. The molecule has 3 rings (SSSR count). The molecule has 0 unspecified atom stereocenters. The number of aromatic nitrogens is 5. The summed E-state index contributed by atoms with van der Waals surface area (Å²) >= 11 is 0. The highest BCUT2D eigenvalue weighted by molar-refractivity contribution is 5.74. The Balaban J connectivity index is 1.77. The molecule has 10 nitrogen and oxygen atoms in total. The van der Waals surface area contributed by atoms with Gasteiger partial charge in [-0.3, -0.25) is 4.68 Å². The number of amides is 2. The van der Waals surface area contributed by atoms with Gasteiger partial charge in [0.1, 0.15) is 24.7 Å². The van der Waals surface area contributed by atoms with Crippen molar-refractivity contribution in [2.75, 3.05) is 0 Å². The lowest BCUT2D eigenvalue weighted by Crippen LogP contribution is -2.42. The van der Waals surface area contributed by atoms with E-state index in [0.29, 0.717) is 23.1 Å². The smallest absolute Gasteiger partial charge is 0.318 e. The summed E-state index contributed by atoms with van der Waals surface area (Å²) in [6, 6.07) is -0.517. The molecule has 0 saturated carbocycles. The topological polar surface area (TPSA) is 115 Å². The van der Waals surface area contributed by atoms with Gasteiger partial charge in [0.2, 0.25) is 0 Å². The van der Waals surface area contributed by atoms with Gasteiger partial charge >= 0.3 is 6.03 Å². The van der Waals surface area contributed by atoms with Crippen molar-refractivity contribution in [3.63, 3.8) is 0 Å². The predicted octanol–water partition coefficient (Wildman–Crippen LogP) is 2.29. The van der Waals surface area contributed by atoms with Crippen LogP contribution in [0.3, 0.4) is 0 Å². The van der Waals surface area contributed by atoms with Crippen LogP contribution in [0, 0.1) is 5.92 Å². The van der Waals surface area contributed by atoms with E-state index in [0.717, 1.165) is 6.42 Å². The Hall–Kier alpha value is -3.17. The molecule has 0 aliphatic heterocycles. The van der Waals surface area contributed by atoms with Gasteiger partial charge in [-0.1, -0.05) is 13.8 Å². The summed E-state index contributed by atoms with van der Waals surface area (Å²) in [5.41, 5.74) is 1.29. The maximum Gasteiger partial charge on any atom is 0.318 e. The summed E-state index contributed by atoms with van der Waals surface area (Å²) in [6.07, 6.45) is 7.91. The predicted molar refractivity (Wildman–Crippen MR) is 94.0 cm³/mol. The first kappa shape index (κ1) is 18.6. The molecule has 10 heteroatoms. The van der Waals surface area contributed by atoms with E-state index in [-0.39, 0.29) is 25.2 Å². The van der Waals surface area contributed by atoms with E-state index in [1.807, 2.05) is 7.05 Å². The standard InChI is InChI=1S/C17H23N7O3/c1-12(2)4-15(16-18-9-21-23(16)3)22-17(25)24(5-13-7-26-10-19-13)6-14-8-27-11-20-14/h7-12,15H,4-6H2,1-3H3,(H,22,25)/t15-/m0/s1. The fraction of sp³-hybridized carbons (Fsp3) is 0.471. The van der Waals surface area contributed by atoms with Crippen LogP contribution in [0.4, 0.5) is 4.79 Å². The van der Waals surface area contributed by atoms with Gasteiger partial charge in [0.25, 0.3) is 0 Å². The van der Waals surface area contributed by atoms with Gasteiger partial charge in [0, 0.05) is 7.05 Å². The molecule has 1 N–H and O–H groups in total. The molecule has 27 heavy (non-hydrogen) atoms. The summed E-state index contributed by atoms with van der Waals surface area (Å²) in [7, 11) is 1.81. The maximum atomic E-state index is 13.0. The SMILES string of the molecule is CC(C)C[C@H](NC(=O)N(Cc1cocn1)Cc1cocn1)c1ncnn1C. The molecule has 0 spiro atoms. The Kier molecular flexibility index (Phi) is 5.84. The molecule has 3 heterocycles. The Bertz CT molecular complexity index is 790. The van der Waals surface area contributed by atoms with E-state index in [9.17, 15) is 4.79 Å². The molecule has 0 aliphatic carbocycles. The monoisotopic (exact) mass is 373 g/mol. The summed E-state index contributed by atoms with van der Waals surface area (Å²) in [6.45, 7) is 4.75. The van der Waals surface area contributed by atoms with Crippen molar-refractivity contribution in [3.05, 3.63) is 48.9 Å². The molecule has 3 aromatic heterocycles. The highest BCUT2D eigenvalue weighted by atomic mass is 16.3. The normalized spacial score (nSPS) is 12.3. The van der Waals surface area contributed by atoms with Crippen molar-refractivity contribution in [1.29, 1.82) is 0 Å². The zero-order valence-corrected chi connectivity index (χ0v) is 15.6. The van der Waals surface area contributed by atoms with Gasteiger partial charge < -0.3 is 19.1 Å². The Morgan fingerprint density at radius 2 is 1.78 bits per heavy atom. The van der Waals surface area contributed by atoms with E-state index < -0.39 is 0 Å². The van der Waals surface area contributed by atoms with Crippen molar-refractivity contribution < 1.29 is 13.6 Å². The summed E-state index contributed by atoms with van der Waals surface area (Å²) < 4.78 is 11.7. The third-order valence-electron chi connectivity index (χ3n) is 4.02. The van der Waals surface area contributed by atoms with Crippen LogP contribution in [0.2, 0.25) is 0 Å². The van der Waals surface area contributed by atoms with E-state index in [1.54, 1.807) is 9.58 Å². The second-order valence-electron chi connectivity index (χ2n) is 6.69. The third-order valence-corrected chi connectivity index (χ3v) is 4.02. The number of oxazole rings is 2. The van der Waals surface area contributed by atoms with Crippen molar-refractivity contribution in [2.45, 2.75) is 39.4 Å². The number of carbonyl (C=O) groups is 1. The quantitative estimate of drug-likeness (QED) is 0.644. The molecule has 0 aromatic carbocycles. The molecule has 0 fully saturated rings. The average Bonchev–Trinajstić information content (AvgIpc) is 3.36. The third kappa shape index (κ3) is 4.93. The fourth-order valence-electron chi connectivity index (χ4n) is 2.78. The van der Waals surface area contributed by atoms with Crippen LogP contribution >= 0.6 is 0 Å². The molecule has 3 aromatic rings. The molecule has 0 saturated heterocycles. The number of hydrogen-bond acceptors (Lipinski definition) is 7. The summed E-state index contributed by atoms with van der Waals surface area (Å²) in [5.74, 6) is 1.08. The van der Waals surface area contributed by atoms with E-state index >= 15 is 0 Å². The first-order valence-corrected chi connectivity index (χ1v) is 8.66. The van der Waals surface area contributed by atoms with Crippen LogP contribution < -0.4 is 5.32 Å².